The van der Waals surface area contributed by atoms with Gasteiger partial charge in [0.1, 0.15) is 6.61 Å². The second kappa shape index (κ2) is 13.0. The van der Waals surface area contributed by atoms with Crippen LogP contribution in [0.1, 0.15) is 70.8 Å². The number of ether oxygens (including phenoxy) is 1. The van der Waals surface area contributed by atoms with Gasteiger partial charge in [0.15, 0.2) is 0 Å². The van der Waals surface area contributed by atoms with Crippen LogP contribution in [0.2, 0.25) is 0 Å². The molecular formula is C20H33NO2. The van der Waals surface area contributed by atoms with Gasteiger partial charge in [-0.05, 0) is 18.4 Å². The lowest BCUT2D eigenvalue weighted by molar-refractivity contribution is 0.0954. The maximum atomic E-state index is 12.2. The molecule has 3 heteroatoms. The largest absolute Gasteiger partial charge is 0.445 e. The molecule has 0 aromatic heterocycles. The monoisotopic (exact) mass is 319 g/mol. The zero-order valence-electron chi connectivity index (χ0n) is 14.9. The SMILES string of the molecule is CCCCCCCCCN(CCC)C(=O)OCc1ccccc1. The van der Waals surface area contributed by atoms with Crippen molar-refractivity contribution in [3.8, 4) is 0 Å². The van der Waals surface area contributed by atoms with Gasteiger partial charge in [-0.15, -0.1) is 0 Å². The standard InChI is InChI=1S/C20H33NO2/c1-3-5-6-7-8-9-13-17-21(16-4-2)20(22)23-18-19-14-11-10-12-15-19/h10-12,14-15H,3-9,13,16-18H2,1-2H3. The second-order valence-corrected chi connectivity index (χ2v) is 6.15. The minimum Gasteiger partial charge on any atom is -0.445 e. The lowest BCUT2D eigenvalue weighted by Crippen LogP contribution is -2.33. The fourth-order valence-electron chi connectivity index (χ4n) is 2.63. The van der Waals surface area contributed by atoms with Gasteiger partial charge in [-0.3, -0.25) is 0 Å². The number of hydrogen-bond donors (Lipinski definition) is 0. The first-order valence-corrected chi connectivity index (χ1v) is 9.23. The lowest BCUT2D eigenvalue weighted by Gasteiger charge is -2.21. The van der Waals surface area contributed by atoms with Gasteiger partial charge in [0.25, 0.3) is 0 Å². The Bertz CT molecular complexity index is 405. The Balaban J connectivity index is 2.22. The van der Waals surface area contributed by atoms with Crippen LogP contribution in [0.15, 0.2) is 30.3 Å². The number of nitrogens with zero attached hydrogens (tertiary/aromatic N) is 1. The highest BCUT2D eigenvalue weighted by atomic mass is 16.6. The molecule has 130 valence electrons. The Kier molecular flexibility index (Phi) is 11.0. The summed E-state index contributed by atoms with van der Waals surface area (Å²) in [5.74, 6) is 0. The van der Waals surface area contributed by atoms with Crippen LogP contribution in [0.25, 0.3) is 0 Å². The fourth-order valence-corrected chi connectivity index (χ4v) is 2.63. The van der Waals surface area contributed by atoms with Crippen LogP contribution in [-0.2, 0) is 11.3 Å². The van der Waals surface area contributed by atoms with Gasteiger partial charge in [-0.1, -0.05) is 82.7 Å². The molecule has 23 heavy (non-hydrogen) atoms. The first-order chi connectivity index (χ1) is 11.3. The Morgan fingerprint density at radius 2 is 1.52 bits per heavy atom. The molecule has 0 heterocycles. The van der Waals surface area contributed by atoms with Crippen LogP contribution >= 0.6 is 0 Å². The average Bonchev–Trinajstić information content (AvgIpc) is 2.59. The molecule has 0 aliphatic heterocycles. The number of benzene rings is 1. The molecule has 1 aromatic rings. The molecule has 0 spiro atoms. The van der Waals surface area contributed by atoms with Gasteiger partial charge in [0, 0.05) is 13.1 Å². The van der Waals surface area contributed by atoms with E-state index in [1.54, 1.807) is 0 Å². The minimum absolute atomic E-state index is 0.179. The van der Waals surface area contributed by atoms with Crippen molar-refractivity contribution >= 4 is 6.09 Å². The summed E-state index contributed by atoms with van der Waals surface area (Å²) in [5.41, 5.74) is 1.04. The maximum absolute atomic E-state index is 12.2. The van der Waals surface area contributed by atoms with Gasteiger partial charge >= 0.3 is 6.09 Å². The third-order valence-corrected chi connectivity index (χ3v) is 3.99. The van der Waals surface area contributed by atoms with E-state index >= 15 is 0 Å². The van der Waals surface area contributed by atoms with Crippen molar-refractivity contribution in [1.82, 2.24) is 4.90 Å². The zero-order valence-corrected chi connectivity index (χ0v) is 14.9. The van der Waals surface area contributed by atoms with E-state index in [4.69, 9.17) is 4.74 Å². The molecule has 0 saturated carbocycles. The topological polar surface area (TPSA) is 29.5 Å². The number of amides is 1. The molecule has 1 rings (SSSR count). The first-order valence-electron chi connectivity index (χ1n) is 9.23. The predicted molar refractivity (Wildman–Crippen MR) is 96.5 cm³/mol. The normalized spacial score (nSPS) is 10.5. The van der Waals surface area contributed by atoms with Crippen molar-refractivity contribution in [3.63, 3.8) is 0 Å². The quantitative estimate of drug-likeness (QED) is 0.457. The fraction of sp³-hybridized carbons (Fsp3) is 0.650. The molecule has 0 saturated heterocycles. The summed E-state index contributed by atoms with van der Waals surface area (Å²) >= 11 is 0. The Labute approximate surface area is 142 Å². The molecule has 0 atom stereocenters. The molecule has 1 aromatic carbocycles. The highest BCUT2D eigenvalue weighted by Crippen LogP contribution is 2.09. The molecule has 0 aliphatic rings. The van der Waals surface area contributed by atoms with E-state index in [1.807, 2.05) is 35.2 Å². The van der Waals surface area contributed by atoms with Crippen molar-refractivity contribution in [2.24, 2.45) is 0 Å². The smallest absolute Gasteiger partial charge is 0.410 e. The van der Waals surface area contributed by atoms with Crippen LogP contribution in [0.4, 0.5) is 4.79 Å². The van der Waals surface area contributed by atoms with Crippen molar-refractivity contribution in [3.05, 3.63) is 35.9 Å². The van der Waals surface area contributed by atoms with Crippen LogP contribution in [0, 0.1) is 0 Å². The van der Waals surface area contributed by atoms with E-state index in [0.29, 0.717) is 6.61 Å². The minimum atomic E-state index is -0.179. The number of hydrogen-bond acceptors (Lipinski definition) is 2. The van der Waals surface area contributed by atoms with Gasteiger partial charge in [-0.25, -0.2) is 4.79 Å². The summed E-state index contributed by atoms with van der Waals surface area (Å²) in [4.78, 5) is 14.1. The molecule has 0 fully saturated rings. The third-order valence-electron chi connectivity index (χ3n) is 3.99. The molecule has 0 unspecified atom stereocenters. The number of rotatable bonds is 12. The summed E-state index contributed by atoms with van der Waals surface area (Å²) in [6.07, 6.45) is 9.64. The molecule has 3 nitrogen and oxygen atoms in total. The summed E-state index contributed by atoms with van der Waals surface area (Å²) in [6, 6.07) is 9.85. The van der Waals surface area contributed by atoms with E-state index in [-0.39, 0.29) is 6.09 Å². The van der Waals surface area contributed by atoms with Crippen LogP contribution in [-0.4, -0.2) is 24.1 Å². The summed E-state index contributed by atoms with van der Waals surface area (Å²) < 4.78 is 5.44. The van der Waals surface area contributed by atoms with E-state index < -0.39 is 0 Å². The van der Waals surface area contributed by atoms with E-state index in [1.165, 1.54) is 38.5 Å². The molecule has 0 bridgehead atoms. The third kappa shape index (κ3) is 9.27. The van der Waals surface area contributed by atoms with Gasteiger partial charge in [0.05, 0.1) is 0 Å². The summed E-state index contributed by atoms with van der Waals surface area (Å²) in [7, 11) is 0. The van der Waals surface area contributed by atoms with Gasteiger partial charge in [-0.2, -0.15) is 0 Å². The van der Waals surface area contributed by atoms with Crippen LogP contribution in [0.5, 0.6) is 0 Å². The van der Waals surface area contributed by atoms with Crippen molar-refractivity contribution < 1.29 is 9.53 Å². The number of carbonyl (C=O) groups excluding carboxylic acids is 1. The number of unbranched alkanes of at least 4 members (excludes halogenated alkanes) is 6. The zero-order chi connectivity index (χ0) is 16.8. The predicted octanol–water partition coefficient (Wildman–Crippen LogP) is 5.79. The maximum Gasteiger partial charge on any atom is 0.410 e. The second-order valence-electron chi connectivity index (χ2n) is 6.15. The van der Waals surface area contributed by atoms with E-state index in [2.05, 4.69) is 13.8 Å². The molecule has 0 N–H and O–H groups in total. The first kappa shape index (κ1) is 19.5. The van der Waals surface area contributed by atoms with Gasteiger partial charge in [0.2, 0.25) is 0 Å². The van der Waals surface area contributed by atoms with Crippen molar-refractivity contribution in [2.45, 2.75) is 71.8 Å². The lowest BCUT2D eigenvalue weighted by atomic mass is 10.1. The van der Waals surface area contributed by atoms with E-state index in [0.717, 1.165) is 31.5 Å². The highest BCUT2D eigenvalue weighted by molar-refractivity contribution is 5.67. The average molecular weight is 319 g/mol. The number of carbonyl (C=O) groups is 1. The Morgan fingerprint density at radius 1 is 0.870 bits per heavy atom. The van der Waals surface area contributed by atoms with Crippen LogP contribution < -0.4 is 0 Å². The van der Waals surface area contributed by atoms with Crippen molar-refractivity contribution in [2.75, 3.05) is 13.1 Å². The Hall–Kier alpha value is -1.51. The molecule has 0 aliphatic carbocycles. The summed E-state index contributed by atoms with van der Waals surface area (Å²) in [5, 5.41) is 0. The summed E-state index contributed by atoms with van der Waals surface area (Å²) in [6.45, 7) is 6.29. The van der Waals surface area contributed by atoms with Gasteiger partial charge < -0.3 is 9.64 Å². The molecule has 0 radical (unpaired) electrons. The highest BCUT2D eigenvalue weighted by Gasteiger charge is 2.13. The Morgan fingerprint density at radius 3 is 2.17 bits per heavy atom. The van der Waals surface area contributed by atoms with Crippen molar-refractivity contribution in [1.29, 1.82) is 0 Å². The molecular weight excluding hydrogens is 286 g/mol. The van der Waals surface area contributed by atoms with Crippen LogP contribution in [0.3, 0.4) is 0 Å². The van der Waals surface area contributed by atoms with E-state index in [9.17, 15) is 4.79 Å². The molecule has 1 amide bonds.